The van der Waals surface area contributed by atoms with Gasteiger partial charge in [0.15, 0.2) is 0 Å². The third-order valence-corrected chi connectivity index (χ3v) is 2.96. The normalized spacial score (nSPS) is 9.83. The molecular weight excluding hydrogens is 246 g/mol. The Bertz CT molecular complexity index is 575. The Labute approximate surface area is 111 Å². The average molecular weight is 258 g/mol. The number of pyridine rings is 1. The SMILES string of the molecule is CN(Cc1ccncc1)c1ccc(C#N)cc1Cl. The van der Waals surface area contributed by atoms with Gasteiger partial charge in [-0.2, -0.15) is 5.26 Å². The summed E-state index contributed by atoms with van der Waals surface area (Å²) >= 11 is 6.16. The van der Waals surface area contributed by atoms with Crippen LogP contribution in [0.1, 0.15) is 11.1 Å². The molecule has 4 heteroatoms. The Morgan fingerprint density at radius 3 is 2.61 bits per heavy atom. The van der Waals surface area contributed by atoms with Gasteiger partial charge in [-0.1, -0.05) is 11.6 Å². The summed E-state index contributed by atoms with van der Waals surface area (Å²) in [6.45, 7) is 0.744. The lowest BCUT2D eigenvalue weighted by atomic mass is 10.2. The number of anilines is 1. The van der Waals surface area contributed by atoms with Crippen molar-refractivity contribution >= 4 is 17.3 Å². The molecule has 1 aromatic heterocycles. The molecule has 0 bridgehead atoms. The van der Waals surface area contributed by atoms with E-state index in [9.17, 15) is 0 Å². The fourth-order valence-electron chi connectivity index (χ4n) is 1.73. The maximum Gasteiger partial charge on any atom is 0.0992 e. The first-order valence-corrected chi connectivity index (χ1v) is 5.88. The molecular formula is C14H12ClN3. The van der Waals surface area contributed by atoms with Crippen molar-refractivity contribution in [2.24, 2.45) is 0 Å². The minimum Gasteiger partial charge on any atom is -0.369 e. The van der Waals surface area contributed by atoms with E-state index in [0.717, 1.165) is 17.8 Å². The Balaban J connectivity index is 2.19. The molecule has 3 nitrogen and oxygen atoms in total. The molecule has 90 valence electrons. The van der Waals surface area contributed by atoms with Crippen LogP contribution < -0.4 is 4.90 Å². The summed E-state index contributed by atoms with van der Waals surface area (Å²) in [4.78, 5) is 6.03. The van der Waals surface area contributed by atoms with E-state index in [0.29, 0.717) is 10.6 Å². The number of benzene rings is 1. The zero-order valence-electron chi connectivity index (χ0n) is 9.97. The van der Waals surface area contributed by atoms with Crippen molar-refractivity contribution in [2.45, 2.75) is 6.54 Å². The van der Waals surface area contributed by atoms with Crippen molar-refractivity contribution in [3.8, 4) is 6.07 Å². The van der Waals surface area contributed by atoms with Crippen LogP contribution in [0.5, 0.6) is 0 Å². The number of aromatic nitrogens is 1. The Kier molecular flexibility index (Phi) is 3.81. The molecule has 0 fully saturated rings. The standard InChI is InChI=1S/C14H12ClN3/c1-18(10-11-4-6-17-7-5-11)14-3-2-12(9-16)8-13(14)15/h2-8H,10H2,1H3. The lowest BCUT2D eigenvalue weighted by Gasteiger charge is -2.20. The van der Waals surface area contributed by atoms with Gasteiger partial charge in [0.2, 0.25) is 0 Å². The minimum absolute atomic E-state index is 0.570. The van der Waals surface area contributed by atoms with Crippen molar-refractivity contribution in [2.75, 3.05) is 11.9 Å². The lowest BCUT2D eigenvalue weighted by molar-refractivity contribution is 0.919. The van der Waals surface area contributed by atoms with Crippen molar-refractivity contribution in [3.05, 3.63) is 58.9 Å². The highest BCUT2D eigenvalue weighted by Crippen LogP contribution is 2.26. The second-order valence-electron chi connectivity index (χ2n) is 3.99. The molecule has 0 N–H and O–H groups in total. The number of rotatable bonds is 3. The highest BCUT2D eigenvalue weighted by Gasteiger charge is 2.07. The van der Waals surface area contributed by atoms with E-state index in [-0.39, 0.29) is 0 Å². The summed E-state index contributed by atoms with van der Waals surface area (Å²) in [5.74, 6) is 0. The maximum atomic E-state index is 8.80. The maximum absolute atomic E-state index is 8.80. The van der Waals surface area contributed by atoms with Crippen molar-refractivity contribution in [1.29, 1.82) is 5.26 Å². The average Bonchev–Trinajstić information content (AvgIpc) is 2.39. The second kappa shape index (κ2) is 5.52. The van der Waals surface area contributed by atoms with E-state index in [2.05, 4.69) is 11.1 Å². The summed E-state index contributed by atoms with van der Waals surface area (Å²) in [7, 11) is 1.97. The summed E-state index contributed by atoms with van der Waals surface area (Å²) in [6.07, 6.45) is 3.53. The predicted octanol–water partition coefficient (Wildman–Crippen LogP) is 3.24. The molecule has 0 aliphatic heterocycles. The predicted molar refractivity (Wildman–Crippen MR) is 72.5 cm³/mol. The third-order valence-electron chi connectivity index (χ3n) is 2.66. The van der Waals surface area contributed by atoms with Gasteiger partial charge >= 0.3 is 0 Å². The van der Waals surface area contributed by atoms with Gasteiger partial charge in [-0.15, -0.1) is 0 Å². The number of hydrogen-bond acceptors (Lipinski definition) is 3. The van der Waals surface area contributed by atoms with Crippen molar-refractivity contribution in [3.63, 3.8) is 0 Å². The molecule has 0 atom stereocenters. The van der Waals surface area contributed by atoms with Crippen molar-refractivity contribution < 1.29 is 0 Å². The van der Waals surface area contributed by atoms with Crippen LogP contribution in [0.2, 0.25) is 5.02 Å². The molecule has 18 heavy (non-hydrogen) atoms. The molecule has 0 saturated carbocycles. The van der Waals surface area contributed by atoms with Crippen LogP contribution in [0.3, 0.4) is 0 Å². The molecule has 0 unspecified atom stereocenters. The zero-order valence-corrected chi connectivity index (χ0v) is 10.7. The third kappa shape index (κ3) is 2.79. The van der Waals surface area contributed by atoms with E-state index in [1.165, 1.54) is 0 Å². The zero-order chi connectivity index (χ0) is 13.0. The van der Waals surface area contributed by atoms with E-state index >= 15 is 0 Å². The smallest absolute Gasteiger partial charge is 0.0992 e. The van der Waals surface area contributed by atoms with Gasteiger partial charge in [0.1, 0.15) is 0 Å². The molecule has 0 saturated heterocycles. The quantitative estimate of drug-likeness (QED) is 0.847. The molecule has 2 rings (SSSR count). The molecule has 2 aromatic rings. The van der Waals surface area contributed by atoms with E-state index in [1.807, 2.05) is 30.1 Å². The fourth-order valence-corrected chi connectivity index (χ4v) is 2.06. The van der Waals surface area contributed by atoms with Crippen molar-refractivity contribution in [1.82, 2.24) is 4.98 Å². The number of halogens is 1. The first kappa shape index (κ1) is 12.4. The van der Waals surface area contributed by atoms with Gasteiger partial charge in [0, 0.05) is 26.0 Å². The fraction of sp³-hybridized carbons (Fsp3) is 0.143. The van der Waals surface area contributed by atoms with Crippen LogP contribution in [-0.4, -0.2) is 12.0 Å². The molecule has 0 amide bonds. The molecule has 0 spiro atoms. The second-order valence-corrected chi connectivity index (χ2v) is 4.40. The molecule has 1 aromatic carbocycles. The van der Waals surface area contributed by atoms with Crippen LogP contribution >= 0.6 is 11.6 Å². The van der Waals surface area contributed by atoms with Gasteiger partial charge < -0.3 is 4.90 Å². The van der Waals surface area contributed by atoms with E-state index < -0.39 is 0 Å². The van der Waals surface area contributed by atoms with Crippen LogP contribution in [0, 0.1) is 11.3 Å². The molecule has 0 aliphatic carbocycles. The Morgan fingerprint density at radius 1 is 1.28 bits per heavy atom. The topological polar surface area (TPSA) is 39.9 Å². The summed E-state index contributed by atoms with van der Waals surface area (Å²) in [5.41, 5.74) is 2.64. The lowest BCUT2D eigenvalue weighted by Crippen LogP contribution is -2.16. The van der Waals surface area contributed by atoms with Crippen LogP contribution in [-0.2, 0) is 6.54 Å². The minimum atomic E-state index is 0.570. The highest BCUT2D eigenvalue weighted by molar-refractivity contribution is 6.33. The molecule has 0 radical (unpaired) electrons. The van der Waals surface area contributed by atoms with Gasteiger partial charge in [0.05, 0.1) is 22.3 Å². The first-order chi connectivity index (χ1) is 8.70. The summed E-state index contributed by atoms with van der Waals surface area (Å²) < 4.78 is 0. The highest BCUT2D eigenvalue weighted by atomic mass is 35.5. The Morgan fingerprint density at radius 2 is 2.00 bits per heavy atom. The summed E-state index contributed by atoms with van der Waals surface area (Å²) in [6, 6.07) is 11.3. The van der Waals surface area contributed by atoms with Crippen LogP contribution in [0.4, 0.5) is 5.69 Å². The van der Waals surface area contributed by atoms with Gasteiger partial charge in [-0.3, -0.25) is 4.98 Å². The molecule has 0 aliphatic rings. The summed E-state index contributed by atoms with van der Waals surface area (Å²) in [5, 5.41) is 9.39. The van der Waals surface area contributed by atoms with Gasteiger partial charge in [-0.25, -0.2) is 0 Å². The largest absolute Gasteiger partial charge is 0.369 e. The van der Waals surface area contributed by atoms with E-state index in [1.54, 1.807) is 24.5 Å². The first-order valence-electron chi connectivity index (χ1n) is 5.50. The monoisotopic (exact) mass is 257 g/mol. The van der Waals surface area contributed by atoms with Crippen LogP contribution in [0.25, 0.3) is 0 Å². The molecule has 1 heterocycles. The van der Waals surface area contributed by atoms with Crippen LogP contribution in [0.15, 0.2) is 42.7 Å². The number of nitrogens with zero attached hydrogens (tertiary/aromatic N) is 3. The van der Waals surface area contributed by atoms with Gasteiger partial charge in [0.25, 0.3) is 0 Å². The van der Waals surface area contributed by atoms with E-state index in [4.69, 9.17) is 16.9 Å². The van der Waals surface area contributed by atoms with Gasteiger partial charge in [-0.05, 0) is 35.9 Å². The number of nitriles is 1. The number of hydrogen-bond donors (Lipinski definition) is 0. The Hall–Kier alpha value is -2.05.